The number of carbonyl (C=O) groups is 1. The molecule has 2 aromatic rings. The van der Waals surface area contributed by atoms with E-state index in [-0.39, 0.29) is 11.9 Å². The van der Waals surface area contributed by atoms with Gasteiger partial charge in [-0.15, -0.1) is 0 Å². The lowest BCUT2D eigenvalue weighted by molar-refractivity contribution is 0.103. The van der Waals surface area contributed by atoms with E-state index in [0.29, 0.717) is 6.61 Å². The molecule has 3 nitrogen and oxygen atoms in total. The molecule has 0 aromatic heterocycles. The summed E-state index contributed by atoms with van der Waals surface area (Å²) in [7, 11) is 0. The molecule has 0 spiro atoms. The summed E-state index contributed by atoms with van der Waals surface area (Å²) in [6.45, 7) is 7.23. The van der Waals surface area contributed by atoms with E-state index in [9.17, 15) is 4.79 Å². The van der Waals surface area contributed by atoms with Crippen LogP contribution in [0.25, 0.3) is 0 Å². The van der Waals surface area contributed by atoms with Crippen LogP contribution in [0.15, 0.2) is 36.4 Å². The first-order valence-corrected chi connectivity index (χ1v) is 7.52. The van der Waals surface area contributed by atoms with E-state index in [1.54, 1.807) is 0 Å². The Bertz CT molecular complexity index is 691. The molecule has 22 heavy (non-hydrogen) atoms. The van der Waals surface area contributed by atoms with Crippen molar-refractivity contribution < 1.29 is 14.3 Å². The number of ketones is 1. The molecular formula is C19H20O3. The molecule has 0 bridgehead atoms. The first kappa shape index (κ1) is 14.8. The normalized spacial score (nSPS) is 16.4. The van der Waals surface area contributed by atoms with Crippen molar-refractivity contribution in [3.63, 3.8) is 0 Å². The predicted octanol–water partition coefficient (Wildman–Crippen LogP) is 3.62. The van der Waals surface area contributed by atoms with Gasteiger partial charge in [0.1, 0.15) is 18.5 Å². The Kier molecular flexibility index (Phi) is 3.99. The molecule has 1 aliphatic heterocycles. The van der Waals surface area contributed by atoms with Gasteiger partial charge in [0.15, 0.2) is 5.78 Å². The van der Waals surface area contributed by atoms with E-state index >= 15 is 0 Å². The van der Waals surface area contributed by atoms with E-state index < -0.39 is 0 Å². The third kappa shape index (κ3) is 3.04. The molecule has 1 aliphatic rings. The Morgan fingerprint density at radius 1 is 1.14 bits per heavy atom. The highest BCUT2D eigenvalue weighted by molar-refractivity contribution is 6.11. The van der Waals surface area contributed by atoms with E-state index in [4.69, 9.17) is 9.47 Å². The standard InChI is InChI=1S/C19H20O3/c1-12-6-4-5-7-17(12)19(20)18-13(2)8-15(9-14(18)3)21-10-16-11-22-16/h4-9,16H,10-11H2,1-3H3. The van der Waals surface area contributed by atoms with Gasteiger partial charge in [0.25, 0.3) is 0 Å². The lowest BCUT2D eigenvalue weighted by Crippen LogP contribution is -2.10. The second kappa shape index (κ2) is 5.93. The predicted molar refractivity (Wildman–Crippen MR) is 85.8 cm³/mol. The average molecular weight is 296 g/mol. The zero-order valence-electron chi connectivity index (χ0n) is 13.2. The van der Waals surface area contributed by atoms with Gasteiger partial charge in [0.05, 0.1) is 6.61 Å². The molecule has 0 saturated carbocycles. The number of hydrogen-bond acceptors (Lipinski definition) is 3. The van der Waals surface area contributed by atoms with Crippen molar-refractivity contribution in [3.8, 4) is 5.75 Å². The SMILES string of the molecule is Cc1ccccc1C(=O)c1c(C)cc(OCC2CO2)cc1C. The summed E-state index contributed by atoms with van der Waals surface area (Å²) in [5, 5.41) is 0. The molecule has 0 amide bonds. The van der Waals surface area contributed by atoms with Crippen LogP contribution in [0, 0.1) is 20.8 Å². The summed E-state index contributed by atoms with van der Waals surface area (Å²) in [6.07, 6.45) is 0.230. The number of ether oxygens (including phenoxy) is 2. The summed E-state index contributed by atoms with van der Waals surface area (Å²) >= 11 is 0. The highest BCUT2D eigenvalue weighted by atomic mass is 16.6. The van der Waals surface area contributed by atoms with Crippen LogP contribution in [0.4, 0.5) is 0 Å². The first-order valence-electron chi connectivity index (χ1n) is 7.52. The number of epoxide rings is 1. The molecule has 1 atom stereocenters. The van der Waals surface area contributed by atoms with E-state index in [1.165, 1.54) is 0 Å². The van der Waals surface area contributed by atoms with Crippen molar-refractivity contribution in [2.24, 2.45) is 0 Å². The second-order valence-corrected chi connectivity index (χ2v) is 5.84. The summed E-state index contributed by atoms with van der Waals surface area (Å²) in [5.41, 5.74) is 4.41. The van der Waals surface area contributed by atoms with Crippen LogP contribution in [0.1, 0.15) is 32.6 Å². The Hall–Kier alpha value is -2.13. The third-order valence-electron chi connectivity index (χ3n) is 3.96. The zero-order chi connectivity index (χ0) is 15.7. The Morgan fingerprint density at radius 2 is 1.77 bits per heavy atom. The van der Waals surface area contributed by atoms with Crippen molar-refractivity contribution >= 4 is 5.78 Å². The van der Waals surface area contributed by atoms with Crippen molar-refractivity contribution in [1.29, 1.82) is 0 Å². The number of hydrogen-bond donors (Lipinski definition) is 0. The number of aryl methyl sites for hydroxylation is 3. The van der Waals surface area contributed by atoms with Gasteiger partial charge in [-0.25, -0.2) is 0 Å². The van der Waals surface area contributed by atoms with Gasteiger partial charge in [-0.05, 0) is 49.6 Å². The molecule has 3 heteroatoms. The van der Waals surface area contributed by atoms with Crippen molar-refractivity contribution in [3.05, 3.63) is 64.2 Å². The fraction of sp³-hybridized carbons (Fsp3) is 0.316. The van der Waals surface area contributed by atoms with Gasteiger partial charge in [-0.2, -0.15) is 0 Å². The van der Waals surface area contributed by atoms with Crippen LogP contribution in [0.5, 0.6) is 5.75 Å². The molecule has 1 saturated heterocycles. The van der Waals surface area contributed by atoms with Gasteiger partial charge in [-0.1, -0.05) is 24.3 Å². The highest BCUT2D eigenvalue weighted by Crippen LogP contribution is 2.26. The molecular weight excluding hydrogens is 276 g/mol. The van der Waals surface area contributed by atoms with Crippen LogP contribution in [-0.4, -0.2) is 25.1 Å². The van der Waals surface area contributed by atoms with Gasteiger partial charge < -0.3 is 9.47 Å². The van der Waals surface area contributed by atoms with Crippen molar-refractivity contribution in [2.45, 2.75) is 26.9 Å². The van der Waals surface area contributed by atoms with E-state index in [0.717, 1.165) is 40.2 Å². The minimum absolute atomic E-state index is 0.0742. The maximum absolute atomic E-state index is 12.8. The van der Waals surface area contributed by atoms with Gasteiger partial charge in [0.2, 0.25) is 0 Å². The van der Waals surface area contributed by atoms with Crippen LogP contribution >= 0.6 is 0 Å². The quantitative estimate of drug-likeness (QED) is 0.625. The van der Waals surface area contributed by atoms with Crippen LogP contribution in [0.3, 0.4) is 0 Å². The number of carbonyl (C=O) groups excluding carboxylic acids is 1. The molecule has 3 rings (SSSR count). The average Bonchev–Trinajstić information content (AvgIpc) is 3.29. The minimum Gasteiger partial charge on any atom is -0.491 e. The fourth-order valence-corrected chi connectivity index (χ4v) is 2.68. The molecule has 0 radical (unpaired) electrons. The third-order valence-corrected chi connectivity index (χ3v) is 3.96. The van der Waals surface area contributed by atoms with Gasteiger partial charge in [-0.3, -0.25) is 4.79 Å². The van der Waals surface area contributed by atoms with Gasteiger partial charge >= 0.3 is 0 Å². The smallest absolute Gasteiger partial charge is 0.193 e. The van der Waals surface area contributed by atoms with Crippen LogP contribution in [0.2, 0.25) is 0 Å². The second-order valence-electron chi connectivity index (χ2n) is 5.84. The lowest BCUT2D eigenvalue weighted by Gasteiger charge is -2.13. The molecule has 1 fully saturated rings. The zero-order valence-corrected chi connectivity index (χ0v) is 13.2. The summed E-state index contributed by atoms with van der Waals surface area (Å²) in [5.74, 6) is 0.872. The maximum Gasteiger partial charge on any atom is 0.193 e. The first-order chi connectivity index (χ1) is 10.6. The Morgan fingerprint density at radius 3 is 2.36 bits per heavy atom. The Balaban J connectivity index is 1.89. The Labute approximate surface area is 130 Å². The number of rotatable bonds is 5. The van der Waals surface area contributed by atoms with Crippen LogP contribution < -0.4 is 4.74 Å². The monoisotopic (exact) mass is 296 g/mol. The topological polar surface area (TPSA) is 38.8 Å². The largest absolute Gasteiger partial charge is 0.491 e. The molecule has 114 valence electrons. The van der Waals surface area contributed by atoms with E-state index in [1.807, 2.05) is 57.2 Å². The lowest BCUT2D eigenvalue weighted by atomic mass is 9.92. The van der Waals surface area contributed by atoms with Gasteiger partial charge in [0, 0.05) is 11.1 Å². The maximum atomic E-state index is 12.8. The van der Waals surface area contributed by atoms with Crippen LogP contribution in [-0.2, 0) is 4.74 Å². The number of benzene rings is 2. The summed E-state index contributed by atoms with van der Waals surface area (Å²) < 4.78 is 10.9. The molecule has 2 aromatic carbocycles. The van der Waals surface area contributed by atoms with E-state index in [2.05, 4.69) is 0 Å². The molecule has 1 unspecified atom stereocenters. The fourth-order valence-electron chi connectivity index (χ4n) is 2.68. The summed E-state index contributed by atoms with van der Waals surface area (Å²) in [6, 6.07) is 11.6. The highest BCUT2D eigenvalue weighted by Gasteiger charge is 2.23. The molecule has 0 aliphatic carbocycles. The van der Waals surface area contributed by atoms with Crippen molar-refractivity contribution in [1.82, 2.24) is 0 Å². The molecule has 1 heterocycles. The van der Waals surface area contributed by atoms with Crippen molar-refractivity contribution in [2.75, 3.05) is 13.2 Å². The minimum atomic E-state index is 0.0742. The summed E-state index contributed by atoms with van der Waals surface area (Å²) in [4.78, 5) is 12.8. The molecule has 0 N–H and O–H groups in total.